The molecule has 1 aromatic heterocycles. The number of furan rings is 1. The predicted octanol–water partition coefficient (Wildman–Crippen LogP) is 4.67. The van der Waals surface area contributed by atoms with Crippen molar-refractivity contribution < 1.29 is 4.42 Å². The van der Waals surface area contributed by atoms with Crippen molar-refractivity contribution in [2.24, 2.45) is 0 Å². The van der Waals surface area contributed by atoms with Crippen LogP contribution in [0.5, 0.6) is 0 Å². The Morgan fingerprint density at radius 1 is 1.14 bits per heavy atom. The van der Waals surface area contributed by atoms with Crippen LogP contribution in [-0.2, 0) is 0 Å². The lowest BCUT2D eigenvalue weighted by Gasteiger charge is -2.39. The Morgan fingerprint density at radius 2 is 1.96 bits per heavy atom. The van der Waals surface area contributed by atoms with Gasteiger partial charge >= 0.3 is 0 Å². The molecule has 144 valence electrons. The number of anilines is 1. The molecule has 2 unspecified atom stereocenters. The van der Waals surface area contributed by atoms with Gasteiger partial charge in [-0.25, -0.2) is 0 Å². The van der Waals surface area contributed by atoms with E-state index >= 15 is 0 Å². The number of hydrogen-bond acceptors (Lipinski definition) is 4. The number of nitrogens with one attached hydrogen (secondary N) is 2. The van der Waals surface area contributed by atoms with Crippen LogP contribution in [0, 0.1) is 5.41 Å². The van der Waals surface area contributed by atoms with Crippen molar-refractivity contribution in [2.45, 2.75) is 31.5 Å². The maximum Gasteiger partial charge on any atom is 0.160 e. The summed E-state index contributed by atoms with van der Waals surface area (Å²) in [6.45, 7) is 2.01. The molecule has 0 amide bonds. The Bertz CT molecular complexity index is 978. The smallest absolute Gasteiger partial charge is 0.160 e. The van der Waals surface area contributed by atoms with Crippen LogP contribution >= 0.6 is 0 Å². The largest absolute Gasteiger partial charge is 0.457 e. The predicted molar refractivity (Wildman–Crippen MR) is 113 cm³/mol. The second-order valence-electron chi connectivity index (χ2n) is 7.89. The highest BCUT2D eigenvalue weighted by Crippen LogP contribution is 2.35. The van der Waals surface area contributed by atoms with Gasteiger partial charge < -0.3 is 19.5 Å². The van der Waals surface area contributed by atoms with Crippen molar-refractivity contribution in [2.75, 3.05) is 25.5 Å². The van der Waals surface area contributed by atoms with Crippen LogP contribution in [0.1, 0.15) is 36.8 Å². The lowest BCUT2D eigenvalue weighted by Crippen LogP contribution is -2.44. The SMILES string of the molecule is CN1CCCC1CCN1C(=N)c2ccccc2NC1c1cc2ccccc2o1. The van der Waals surface area contributed by atoms with Crippen molar-refractivity contribution in [1.29, 1.82) is 5.41 Å². The molecule has 0 radical (unpaired) electrons. The maximum atomic E-state index is 8.90. The summed E-state index contributed by atoms with van der Waals surface area (Å²) < 4.78 is 6.18. The van der Waals surface area contributed by atoms with Crippen LogP contribution in [0.4, 0.5) is 5.69 Å². The van der Waals surface area contributed by atoms with E-state index in [0.717, 1.165) is 40.9 Å². The van der Waals surface area contributed by atoms with Crippen molar-refractivity contribution in [3.8, 4) is 0 Å². The van der Waals surface area contributed by atoms with Gasteiger partial charge in [0.15, 0.2) is 6.17 Å². The Labute approximate surface area is 165 Å². The van der Waals surface area contributed by atoms with Gasteiger partial charge in [0.2, 0.25) is 0 Å². The van der Waals surface area contributed by atoms with E-state index in [0.29, 0.717) is 11.9 Å². The zero-order valence-electron chi connectivity index (χ0n) is 16.2. The molecule has 28 heavy (non-hydrogen) atoms. The van der Waals surface area contributed by atoms with Crippen LogP contribution in [0.25, 0.3) is 11.0 Å². The van der Waals surface area contributed by atoms with Crippen molar-refractivity contribution in [3.63, 3.8) is 0 Å². The molecule has 2 aliphatic heterocycles. The van der Waals surface area contributed by atoms with E-state index in [2.05, 4.69) is 34.3 Å². The summed E-state index contributed by atoms with van der Waals surface area (Å²) >= 11 is 0. The van der Waals surface area contributed by atoms with Crippen LogP contribution < -0.4 is 5.32 Å². The summed E-state index contributed by atoms with van der Waals surface area (Å²) in [4.78, 5) is 4.61. The summed E-state index contributed by atoms with van der Waals surface area (Å²) in [6.07, 6.45) is 3.41. The lowest BCUT2D eigenvalue weighted by atomic mass is 10.0. The van der Waals surface area contributed by atoms with Gasteiger partial charge in [-0.2, -0.15) is 0 Å². The average Bonchev–Trinajstić information content (AvgIpc) is 3.33. The standard InChI is InChI=1S/C23H26N4O/c1-26-13-6-8-17(26)12-14-27-22(24)18-9-3-4-10-19(18)25-23(27)21-15-16-7-2-5-11-20(16)28-21/h2-5,7,9-11,15,17,23-25H,6,8,12-14H2,1H3. The number of likely N-dealkylation sites (tertiary alicyclic amines) is 1. The highest BCUT2D eigenvalue weighted by atomic mass is 16.3. The summed E-state index contributed by atoms with van der Waals surface area (Å²) in [5.41, 5.74) is 2.84. The minimum absolute atomic E-state index is 0.165. The van der Waals surface area contributed by atoms with E-state index in [4.69, 9.17) is 9.83 Å². The number of nitrogens with zero attached hydrogens (tertiary/aromatic N) is 2. The van der Waals surface area contributed by atoms with E-state index in [-0.39, 0.29) is 6.17 Å². The molecule has 2 aromatic carbocycles. The van der Waals surface area contributed by atoms with E-state index in [1.54, 1.807) is 0 Å². The molecule has 0 bridgehead atoms. The molecular formula is C23H26N4O. The van der Waals surface area contributed by atoms with Crippen LogP contribution in [0.15, 0.2) is 59.0 Å². The molecule has 2 atom stereocenters. The van der Waals surface area contributed by atoms with Gasteiger partial charge in [-0.3, -0.25) is 5.41 Å². The molecule has 5 nitrogen and oxygen atoms in total. The van der Waals surface area contributed by atoms with Crippen molar-refractivity contribution in [3.05, 3.63) is 65.9 Å². The van der Waals surface area contributed by atoms with E-state index < -0.39 is 0 Å². The highest BCUT2D eigenvalue weighted by Gasteiger charge is 2.33. The molecule has 3 aromatic rings. The molecule has 2 N–H and O–H groups in total. The van der Waals surface area contributed by atoms with Crippen molar-refractivity contribution in [1.82, 2.24) is 9.80 Å². The second kappa shape index (κ2) is 6.99. The van der Waals surface area contributed by atoms with Crippen molar-refractivity contribution >= 4 is 22.5 Å². The number of hydrogen-bond donors (Lipinski definition) is 2. The first-order valence-electron chi connectivity index (χ1n) is 10.1. The molecule has 5 rings (SSSR count). The molecule has 2 aliphatic rings. The maximum absolute atomic E-state index is 8.90. The molecular weight excluding hydrogens is 348 g/mol. The van der Waals surface area contributed by atoms with Gasteiger partial charge in [0, 0.05) is 29.2 Å². The van der Waals surface area contributed by atoms with Gasteiger partial charge in [-0.05, 0) is 57.1 Å². The van der Waals surface area contributed by atoms with Gasteiger partial charge in [-0.1, -0.05) is 30.3 Å². The first-order valence-corrected chi connectivity index (χ1v) is 10.1. The van der Waals surface area contributed by atoms with Crippen LogP contribution in [0.3, 0.4) is 0 Å². The molecule has 0 aliphatic carbocycles. The molecule has 1 fully saturated rings. The number of benzene rings is 2. The molecule has 0 saturated carbocycles. The van der Waals surface area contributed by atoms with E-state index in [1.165, 1.54) is 19.4 Å². The summed E-state index contributed by atoms with van der Waals surface area (Å²) in [7, 11) is 2.21. The Kier molecular flexibility index (Phi) is 4.32. The third-order valence-electron chi connectivity index (χ3n) is 6.16. The molecule has 5 heteroatoms. The first kappa shape index (κ1) is 17.3. The Balaban J connectivity index is 1.49. The molecule has 1 saturated heterocycles. The quantitative estimate of drug-likeness (QED) is 0.697. The summed E-state index contributed by atoms with van der Waals surface area (Å²) in [5, 5.41) is 13.6. The van der Waals surface area contributed by atoms with Crippen LogP contribution in [0.2, 0.25) is 0 Å². The Morgan fingerprint density at radius 3 is 2.79 bits per heavy atom. The average molecular weight is 374 g/mol. The fraction of sp³-hybridized carbons (Fsp3) is 0.348. The lowest BCUT2D eigenvalue weighted by molar-refractivity contribution is 0.241. The van der Waals surface area contributed by atoms with Gasteiger partial charge in [-0.15, -0.1) is 0 Å². The fourth-order valence-electron chi connectivity index (χ4n) is 4.56. The normalized spacial score (nSPS) is 22.5. The number of fused-ring (bicyclic) bond motifs is 2. The van der Waals surface area contributed by atoms with E-state index in [9.17, 15) is 0 Å². The zero-order valence-corrected chi connectivity index (χ0v) is 16.2. The monoisotopic (exact) mass is 374 g/mol. The minimum Gasteiger partial charge on any atom is -0.457 e. The molecule has 0 spiro atoms. The topological polar surface area (TPSA) is 55.5 Å². The number of rotatable bonds is 4. The van der Waals surface area contributed by atoms with E-state index in [1.807, 2.05) is 42.5 Å². The highest BCUT2D eigenvalue weighted by molar-refractivity contribution is 6.03. The summed E-state index contributed by atoms with van der Waals surface area (Å²) in [6, 6.07) is 18.9. The van der Waals surface area contributed by atoms with Gasteiger partial charge in [0.05, 0.1) is 0 Å². The Hall–Kier alpha value is -2.79. The zero-order chi connectivity index (χ0) is 19.1. The van der Waals surface area contributed by atoms with Crippen LogP contribution in [-0.4, -0.2) is 41.8 Å². The van der Waals surface area contributed by atoms with Gasteiger partial charge in [0.1, 0.15) is 17.2 Å². The summed E-state index contributed by atoms with van der Waals surface area (Å²) in [5.74, 6) is 1.43. The second-order valence-corrected chi connectivity index (χ2v) is 7.89. The first-order chi connectivity index (χ1) is 13.7. The third-order valence-corrected chi connectivity index (χ3v) is 6.16. The minimum atomic E-state index is -0.165. The fourth-order valence-corrected chi connectivity index (χ4v) is 4.56. The van der Waals surface area contributed by atoms with Gasteiger partial charge in [0.25, 0.3) is 0 Å². The number of amidine groups is 1. The number of para-hydroxylation sites is 2. The third kappa shape index (κ3) is 2.96. The molecule has 3 heterocycles.